The first-order valence-electron chi connectivity index (χ1n) is 9.27. The molecule has 1 N–H and O–H groups in total. The molecule has 166 valence electrons. The number of aliphatic imine (C=N–C) groups is 1. The summed E-state index contributed by atoms with van der Waals surface area (Å²) in [7, 11) is 5.10. The molecular weight excluding hydrogens is 500 g/mol. The highest BCUT2D eigenvalue weighted by Gasteiger charge is 2.34. The van der Waals surface area contributed by atoms with E-state index in [1.165, 1.54) is 4.90 Å². The van der Waals surface area contributed by atoms with E-state index >= 15 is 0 Å². The van der Waals surface area contributed by atoms with Crippen molar-refractivity contribution in [2.75, 3.05) is 47.4 Å². The first-order chi connectivity index (χ1) is 13.3. The van der Waals surface area contributed by atoms with Crippen LogP contribution in [0, 0.1) is 0 Å². The molecule has 0 radical (unpaired) electrons. The molecule has 0 spiro atoms. The second-order valence-corrected chi connectivity index (χ2v) is 6.81. The molecule has 0 aliphatic carbocycles. The molecule has 1 heterocycles. The highest BCUT2D eigenvalue weighted by atomic mass is 127. The lowest BCUT2D eigenvalue weighted by molar-refractivity contribution is -0.143. The Kier molecular flexibility index (Phi) is 10.3. The van der Waals surface area contributed by atoms with Crippen LogP contribution in [0.3, 0.4) is 0 Å². The first-order valence-corrected chi connectivity index (χ1v) is 9.27. The number of hydrogen-bond acceptors (Lipinski definition) is 4. The van der Waals surface area contributed by atoms with Crippen molar-refractivity contribution < 1.29 is 22.6 Å². The second kappa shape index (κ2) is 11.7. The molecule has 0 bridgehead atoms. The maximum atomic E-state index is 12.6. The van der Waals surface area contributed by atoms with Crippen LogP contribution in [0.2, 0.25) is 0 Å². The number of methoxy groups -OCH3 is 2. The van der Waals surface area contributed by atoms with E-state index in [0.29, 0.717) is 50.1 Å². The number of nitrogens with one attached hydrogen (secondary N) is 1. The Morgan fingerprint density at radius 2 is 2.03 bits per heavy atom. The van der Waals surface area contributed by atoms with Crippen LogP contribution < -0.4 is 14.8 Å². The third-order valence-corrected chi connectivity index (χ3v) is 4.58. The van der Waals surface area contributed by atoms with Crippen LogP contribution in [0.4, 0.5) is 13.2 Å². The van der Waals surface area contributed by atoms with E-state index in [1.807, 2.05) is 37.1 Å². The molecule has 1 atom stereocenters. The van der Waals surface area contributed by atoms with E-state index in [0.717, 1.165) is 5.56 Å². The molecule has 6 nitrogen and oxygen atoms in total. The quantitative estimate of drug-likeness (QED) is 0.333. The molecule has 10 heteroatoms. The number of ether oxygens (including phenoxy) is 2. The number of benzene rings is 1. The average molecular weight is 530 g/mol. The number of hydrogen-bond donors (Lipinski definition) is 1. The molecular formula is C19H30F3IN4O2. The summed E-state index contributed by atoms with van der Waals surface area (Å²) in [5.41, 5.74) is 0.960. The lowest BCUT2D eigenvalue weighted by Gasteiger charge is -2.26. The van der Waals surface area contributed by atoms with E-state index in [4.69, 9.17) is 9.47 Å². The summed E-state index contributed by atoms with van der Waals surface area (Å²) in [4.78, 5) is 7.87. The van der Waals surface area contributed by atoms with Gasteiger partial charge in [-0.2, -0.15) is 13.2 Å². The smallest absolute Gasteiger partial charge is 0.401 e. The van der Waals surface area contributed by atoms with Gasteiger partial charge in [-0.1, -0.05) is 0 Å². The highest BCUT2D eigenvalue weighted by Crippen LogP contribution is 2.25. The molecule has 0 amide bonds. The predicted molar refractivity (Wildman–Crippen MR) is 118 cm³/mol. The van der Waals surface area contributed by atoms with Crippen molar-refractivity contribution in [3.8, 4) is 11.5 Å². The fourth-order valence-electron chi connectivity index (χ4n) is 3.27. The normalized spacial score (nSPS) is 17.6. The van der Waals surface area contributed by atoms with Gasteiger partial charge in [0.2, 0.25) is 0 Å². The Labute approximate surface area is 187 Å². The maximum absolute atomic E-state index is 12.6. The van der Waals surface area contributed by atoms with Crippen LogP contribution in [0.15, 0.2) is 23.2 Å². The van der Waals surface area contributed by atoms with Gasteiger partial charge < -0.3 is 19.7 Å². The molecule has 1 unspecified atom stereocenters. The van der Waals surface area contributed by atoms with Crippen molar-refractivity contribution in [3.05, 3.63) is 23.8 Å². The SMILES string of the molecule is CCN=C(NC1CCN(CC(F)(F)F)C1)N(C)Cc1ccc(OC)cc1OC.I. The molecule has 1 aliphatic heterocycles. The van der Waals surface area contributed by atoms with Crippen molar-refractivity contribution >= 4 is 29.9 Å². The number of guanidine groups is 1. The summed E-state index contributed by atoms with van der Waals surface area (Å²) in [6.45, 7) is 2.94. The topological polar surface area (TPSA) is 49.3 Å². The van der Waals surface area contributed by atoms with Gasteiger partial charge in [0.25, 0.3) is 0 Å². The largest absolute Gasteiger partial charge is 0.497 e. The zero-order chi connectivity index (χ0) is 20.7. The van der Waals surface area contributed by atoms with Crippen molar-refractivity contribution in [2.24, 2.45) is 4.99 Å². The Balaban J connectivity index is 0.00000420. The van der Waals surface area contributed by atoms with E-state index in [-0.39, 0.29) is 30.0 Å². The Bertz CT molecular complexity index is 673. The van der Waals surface area contributed by atoms with Crippen LogP contribution in [0.5, 0.6) is 11.5 Å². The number of rotatable bonds is 7. The Morgan fingerprint density at radius 1 is 1.31 bits per heavy atom. The number of alkyl halides is 3. The zero-order valence-corrected chi connectivity index (χ0v) is 19.6. The number of halogens is 4. The summed E-state index contributed by atoms with van der Waals surface area (Å²) in [6.07, 6.45) is -3.52. The maximum Gasteiger partial charge on any atom is 0.401 e. The van der Waals surface area contributed by atoms with E-state index < -0.39 is 12.7 Å². The number of nitrogens with zero attached hydrogens (tertiary/aromatic N) is 3. The Morgan fingerprint density at radius 3 is 2.62 bits per heavy atom. The minimum atomic E-state index is -4.17. The Hall–Kier alpha value is -1.43. The molecule has 2 rings (SSSR count). The van der Waals surface area contributed by atoms with Gasteiger partial charge in [0.15, 0.2) is 5.96 Å². The zero-order valence-electron chi connectivity index (χ0n) is 17.3. The fraction of sp³-hybridized carbons (Fsp3) is 0.632. The summed E-state index contributed by atoms with van der Waals surface area (Å²) in [5.74, 6) is 2.08. The monoisotopic (exact) mass is 530 g/mol. The third kappa shape index (κ3) is 8.07. The van der Waals surface area contributed by atoms with Crippen LogP contribution in [0.1, 0.15) is 18.9 Å². The van der Waals surface area contributed by atoms with Gasteiger partial charge in [-0.3, -0.25) is 9.89 Å². The molecule has 0 saturated carbocycles. The molecule has 1 aromatic carbocycles. The van der Waals surface area contributed by atoms with E-state index in [9.17, 15) is 13.2 Å². The first kappa shape index (κ1) is 25.6. The van der Waals surface area contributed by atoms with Gasteiger partial charge in [-0.05, 0) is 25.5 Å². The highest BCUT2D eigenvalue weighted by molar-refractivity contribution is 14.0. The third-order valence-electron chi connectivity index (χ3n) is 4.58. The van der Waals surface area contributed by atoms with Gasteiger partial charge >= 0.3 is 6.18 Å². The van der Waals surface area contributed by atoms with E-state index in [1.54, 1.807) is 14.2 Å². The van der Waals surface area contributed by atoms with Gasteiger partial charge in [0, 0.05) is 50.9 Å². The second-order valence-electron chi connectivity index (χ2n) is 6.81. The van der Waals surface area contributed by atoms with Crippen molar-refractivity contribution in [1.29, 1.82) is 0 Å². The molecule has 1 aromatic rings. The summed E-state index contributed by atoms with van der Waals surface area (Å²) in [5, 5.41) is 3.31. The predicted octanol–water partition coefficient (Wildman–Crippen LogP) is 3.36. The molecule has 1 aliphatic rings. The van der Waals surface area contributed by atoms with Crippen LogP contribution in [0.25, 0.3) is 0 Å². The minimum absolute atomic E-state index is 0. The van der Waals surface area contributed by atoms with Gasteiger partial charge in [0.05, 0.1) is 20.8 Å². The van der Waals surface area contributed by atoms with Gasteiger partial charge in [-0.15, -0.1) is 24.0 Å². The van der Waals surface area contributed by atoms with Crippen molar-refractivity contribution in [3.63, 3.8) is 0 Å². The van der Waals surface area contributed by atoms with Crippen LogP contribution >= 0.6 is 24.0 Å². The standard InChI is InChI=1S/C19H29F3N4O2.HI/c1-5-23-18(24-15-8-9-26(12-15)13-19(20,21)22)25(2)11-14-6-7-16(27-3)10-17(14)28-4;/h6-7,10,15H,5,8-9,11-13H2,1-4H3,(H,23,24);1H. The lowest BCUT2D eigenvalue weighted by Crippen LogP contribution is -2.45. The van der Waals surface area contributed by atoms with Gasteiger partial charge in [-0.25, -0.2) is 0 Å². The lowest BCUT2D eigenvalue weighted by atomic mass is 10.2. The van der Waals surface area contributed by atoms with Crippen molar-refractivity contribution in [2.45, 2.75) is 32.1 Å². The summed E-state index contributed by atoms with van der Waals surface area (Å²) in [6, 6.07) is 5.55. The van der Waals surface area contributed by atoms with Crippen molar-refractivity contribution in [1.82, 2.24) is 15.1 Å². The summed E-state index contributed by atoms with van der Waals surface area (Å²) >= 11 is 0. The van der Waals surface area contributed by atoms with Gasteiger partial charge in [0.1, 0.15) is 11.5 Å². The minimum Gasteiger partial charge on any atom is -0.497 e. The van der Waals surface area contributed by atoms with E-state index in [2.05, 4.69) is 10.3 Å². The average Bonchev–Trinajstić information content (AvgIpc) is 3.06. The summed E-state index contributed by atoms with van der Waals surface area (Å²) < 4.78 is 48.5. The molecule has 1 fully saturated rings. The van der Waals surface area contributed by atoms with Crippen LogP contribution in [-0.4, -0.2) is 75.4 Å². The van der Waals surface area contributed by atoms with Crippen LogP contribution in [-0.2, 0) is 6.54 Å². The molecule has 29 heavy (non-hydrogen) atoms. The fourth-order valence-corrected chi connectivity index (χ4v) is 3.27. The number of likely N-dealkylation sites (tertiary alicyclic amines) is 1. The molecule has 0 aromatic heterocycles. The molecule has 1 saturated heterocycles.